The summed E-state index contributed by atoms with van der Waals surface area (Å²) in [5.74, 6) is 1.00. The van der Waals surface area contributed by atoms with E-state index in [9.17, 15) is 4.79 Å². The molecule has 5 rings (SSSR count). The number of aromatic nitrogens is 5. The molecule has 0 bridgehead atoms. The summed E-state index contributed by atoms with van der Waals surface area (Å²) in [6.45, 7) is 2.94. The zero-order valence-electron chi connectivity index (χ0n) is 16.7. The lowest BCUT2D eigenvalue weighted by molar-refractivity contribution is 0.206. The molecule has 1 aromatic carbocycles. The lowest BCUT2D eigenvalue weighted by Gasteiger charge is -2.31. The third kappa shape index (κ3) is 3.76. The molecular weight excluding hydrogens is 376 g/mol. The molecule has 0 aliphatic carbocycles. The summed E-state index contributed by atoms with van der Waals surface area (Å²) < 4.78 is 1.49. The first-order chi connectivity index (χ1) is 14.8. The van der Waals surface area contributed by atoms with Crippen molar-refractivity contribution in [1.29, 1.82) is 0 Å². The average molecular weight is 400 g/mol. The number of rotatable bonds is 5. The Morgan fingerprint density at radius 3 is 2.97 bits per heavy atom. The molecule has 0 saturated carbocycles. The van der Waals surface area contributed by atoms with Crippen molar-refractivity contribution in [1.82, 2.24) is 29.6 Å². The monoisotopic (exact) mass is 400 g/mol. The summed E-state index contributed by atoms with van der Waals surface area (Å²) >= 11 is 0. The first kappa shape index (κ1) is 18.7. The van der Waals surface area contributed by atoms with Crippen LogP contribution >= 0.6 is 0 Å². The van der Waals surface area contributed by atoms with E-state index in [-0.39, 0.29) is 11.6 Å². The van der Waals surface area contributed by atoms with Crippen LogP contribution in [0.25, 0.3) is 16.5 Å². The van der Waals surface area contributed by atoms with Crippen LogP contribution in [0.15, 0.2) is 65.8 Å². The van der Waals surface area contributed by atoms with Gasteiger partial charge in [-0.1, -0.05) is 18.2 Å². The van der Waals surface area contributed by atoms with Gasteiger partial charge in [-0.15, -0.1) is 5.10 Å². The molecule has 30 heavy (non-hydrogen) atoms. The molecule has 1 unspecified atom stereocenters. The molecule has 7 heteroatoms. The van der Waals surface area contributed by atoms with Crippen molar-refractivity contribution in [3.05, 3.63) is 83.1 Å². The second kappa shape index (κ2) is 8.20. The van der Waals surface area contributed by atoms with Crippen molar-refractivity contribution in [3.8, 4) is 5.69 Å². The Hall–Kier alpha value is -3.32. The van der Waals surface area contributed by atoms with E-state index in [0.717, 1.165) is 66.9 Å². The molecule has 4 aromatic rings. The van der Waals surface area contributed by atoms with Crippen LogP contribution in [-0.2, 0) is 6.42 Å². The second-order valence-corrected chi connectivity index (χ2v) is 7.81. The number of hydrogen-bond donors (Lipinski definition) is 1. The molecule has 1 atom stereocenters. The van der Waals surface area contributed by atoms with Crippen LogP contribution in [0.5, 0.6) is 0 Å². The van der Waals surface area contributed by atoms with Crippen LogP contribution in [0.1, 0.15) is 30.3 Å². The molecule has 4 heterocycles. The van der Waals surface area contributed by atoms with Gasteiger partial charge >= 0.3 is 5.69 Å². The highest BCUT2D eigenvalue weighted by molar-refractivity contribution is 5.89. The van der Waals surface area contributed by atoms with Crippen molar-refractivity contribution < 1.29 is 0 Å². The summed E-state index contributed by atoms with van der Waals surface area (Å²) in [5, 5.41) is 6.65. The molecule has 3 aromatic heterocycles. The van der Waals surface area contributed by atoms with Crippen LogP contribution in [-0.4, -0.2) is 49.3 Å². The Morgan fingerprint density at radius 1 is 1.10 bits per heavy atom. The topological polar surface area (TPSA) is 79.7 Å². The lowest BCUT2D eigenvalue weighted by Crippen LogP contribution is -2.36. The summed E-state index contributed by atoms with van der Waals surface area (Å²) in [6.07, 6.45) is 8.45. The van der Waals surface area contributed by atoms with E-state index in [4.69, 9.17) is 5.10 Å². The van der Waals surface area contributed by atoms with Crippen molar-refractivity contribution >= 4 is 10.8 Å². The number of nitrogens with one attached hydrogen (secondary N) is 1. The van der Waals surface area contributed by atoms with Gasteiger partial charge in [-0.25, -0.2) is 4.79 Å². The SMILES string of the molecule is O=c1[nH]c(C2CCCN(CCc3ccccn3)C2)nn1-c1cccc2cnccc12. The minimum Gasteiger partial charge on any atom is -0.302 e. The molecule has 1 N–H and O–H groups in total. The van der Waals surface area contributed by atoms with Crippen molar-refractivity contribution in [2.75, 3.05) is 19.6 Å². The van der Waals surface area contributed by atoms with Gasteiger partial charge in [0.1, 0.15) is 5.82 Å². The largest absolute Gasteiger partial charge is 0.348 e. The number of nitrogens with zero attached hydrogens (tertiary/aromatic N) is 5. The molecular formula is C23H24N6O. The Labute approximate surface area is 174 Å². The number of benzene rings is 1. The number of hydrogen-bond acceptors (Lipinski definition) is 5. The highest BCUT2D eigenvalue weighted by atomic mass is 16.1. The van der Waals surface area contributed by atoms with Crippen LogP contribution in [0, 0.1) is 0 Å². The zero-order chi connectivity index (χ0) is 20.3. The van der Waals surface area contributed by atoms with Crippen molar-refractivity contribution in [2.24, 2.45) is 0 Å². The zero-order valence-corrected chi connectivity index (χ0v) is 16.7. The summed E-state index contributed by atoms with van der Waals surface area (Å²) in [5.41, 5.74) is 1.70. The van der Waals surface area contributed by atoms with Gasteiger partial charge in [-0.3, -0.25) is 15.0 Å². The molecule has 1 fully saturated rings. The summed E-state index contributed by atoms with van der Waals surface area (Å²) in [7, 11) is 0. The average Bonchev–Trinajstić information content (AvgIpc) is 3.19. The lowest BCUT2D eigenvalue weighted by atomic mass is 9.97. The molecule has 0 amide bonds. The number of aromatic amines is 1. The van der Waals surface area contributed by atoms with E-state index in [1.165, 1.54) is 4.68 Å². The highest BCUT2D eigenvalue weighted by Gasteiger charge is 2.25. The normalized spacial score (nSPS) is 17.4. The standard InChI is InChI=1S/C23H24N6O/c30-23-26-22(27-29(23)21-8-3-5-17-15-24-12-9-20(17)21)18-6-4-13-28(16-18)14-10-19-7-1-2-11-25-19/h1-3,5,7-9,11-12,15,18H,4,6,10,13-14,16H2,(H,26,27,30). The number of likely N-dealkylation sites (tertiary alicyclic amines) is 1. The van der Waals surface area contributed by atoms with E-state index in [2.05, 4.69) is 25.9 Å². The minimum atomic E-state index is -0.195. The van der Waals surface area contributed by atoms with E-state index < -0.39 is 0 Å². The van der Waals surface area contributed by atoms with E-state index in [1.807, 2.05) is 42.6 Å². The highest BCUT2D eigenvalue weighted by Crippen LogP contribution is 2.25. The van der Waals surface area contributed by atoms with E-state index in [0.29, 0.717) is 0 Å². The first-order valence-corrected chi connectivity index (χ1v) is 10.4. The fourth-order valence-electron chi connectivity index (χ4n) is 4.28. The summed E-state index contributed by atoms with van der Waals surface area (Å²) in [4.78, 5) is 26.8. The van der Waals surface area contributed by atoms with Crippen molar-refractivity contribution in [3.63, 3.8) is 0 Å². The summed E-state index contributed by atoms with van der Waals surface area (Å²) in [6, 6.07) is 13.8. The fourth-order valence-corrected chi connectivity index (χ4v) is 4.28. The third-order valence-corrected chi connectivity index (χ3v) is 5.82. The van der Waals surface area contributed by atoms with Gasteiger partial charge in [0.15, 0.2) is 0 Å². The van der Waals surface area contributed by atoms with Crippen molar-refractivity contribution in [2.45, 2.75) is 25.2 Å². The first-order valence-electron chi connectivity index (χ1n) is 10.4. The minimum absolute atomic E-state index is 0.195. The number of pyridine rings is 2. The van der Waals surface area contributed by atoms with Crippen LogP contribution in [0.3, 0.4) is 0 Å². The van der Waals surface area contributed by atoms with Gasteiger partial charge in [-0.2, -0.15) is 4.68 Å². The number of H-pyrrole nitrogens is 1. The Morgan fingerprint density at radius 2 is 2.07 bits per heavy atom. The molecule has 0 spiro atoms. The molecule has 7 nitrogen and oxygen atoms in total. The Bertz CT molecular complexity index is 1190. The maximum atomic E-state index is 12.7. The van der Waals surface area contributed by atoms with Gasteiger partial charge in [0.2, 0.25) is 0 Å². The molecule has 1 aliphatic rings. The van der Waals surface area contributed by atoms with Gasteiger partial charge in [0.25, 0.3) is 0 Å². The predicted octanol–water partition coefficient (Wildman–Crippen LogP) is 2.93. The van der Waals surface area contributed by atoms with Crippen LogP contribution in [0.4, 0.5) is 0 Å². The smallest absolute Gasteiger partial charge is 0.302 e. The molecule has 0 radical (unpaired) electrons. The van der Waals surface area contributed by atoms with Gasteiger partial charge < -0.3 is 4.90 Å². The van der Waals surface area contributed by atoms with Crippen LogP contribution < -0.4 is 5.69 Å². The molecule has 1 saturated heterocycles. The second-order valence-electron chi connectivity index (χ2n) is 7.81. The quantitative estimate of drug-likeness (QED) is 0.557. The maximum absolute atomic E-state index is 12.7. The third-order valence-electron chi connectivity index (χ3n) is 5.82. The molecule has 152 valence electrons. The van der Waals surface area contributed by atoms with E-state index >= 15 is 0 Å². The van der Waals surface area contributed by atoms with Gasteiger partial charge in [-0.05, 0) is 43.7 Å². The maximum Gasteiger partial charge on any atom is 0.348 e. The number of fused-ring (bicyclic) bond motifs is 1. The fraction of sp³-hybridized carbons (Fsp3) is 0.304. The Kier molecular flexibility index (Phi) is 5.11. The van der Waals surface area contributed by atoms with Crippen LogP contribution in [0.2, 0.25) is 0 Å². The predicted molar refractivity (Wildman–Crippen MR) is 116 cm³/mol. The molecule has 1 aliphatic heterocycles. The van der Waals surface area contributed by atoms with Gasteiger partial charge in [0, 0.05) is 60.5 Å². The number of piperidine rings is 1. The van der Waals surface area contributed by atoms with E-state index in [1.54, 1.807) is 12.4 Å². The van der Waals surface area contributed by atoms with Gasteiger partial charge in [0.05, 0.1) is 5.69 Å². The Balaban J connectivity index is 1.36.